The fraction of sp³-hybridized carbons (Fsp3) is 0.357. The monoisotopic (exact) mass is 340 g/mol. The first-order valence-electron chi connectivity index (χ1n) is 6.04. The number of nitrogens with zero attached hydrogens (tertiary/aromatic N) is 2. The smallest absolute Gasteiger partial charge is 0.0568 e. The van der Waals surface area contributed by atoms with Crippen LogP contribution in [-0.2, 0) is 0 Å². The van der Waals surface area contributed by atoms with Crippen LogP contribution in [0.2, 0.25) is 0 Å². The summed E-state index contributed by atoms with van der Waals surface area (Å²) in [5.74, 6) is 0. The van der Waals surface area contributed by atoms with Crippen LogP contribution in [0.15, 0.2) is 36.7 Å². The maximum Gasteiger partial charge on any atom is 0.0568 e. The standard InChI is InChI=1S/C14H17IN2/c1-3-14(4-2)17-10-12(9-16-17)11-5-7-13(15)8-6-11/h5-10,14H,3-4H2,1-2H3. The highest BCUT2D eigenvalue weighted by Gasteiger charge is 2.08. The van der Waals surface area contributed by atoms with Gasteiger partial charge in [-0.15, -0.1) is 0 Å². The Kier molecular flexibility index (Phi) is 4.20. The molecule has 0 amide bonds. The molecule has 0 aliphatic heterocycles. The molecule has 0 atom stereocenters. The van der Waals surface area contributed by atoms with Gasteiger partial charge in [0.05, 0.1) is 12.2 Å². The molecule has 17 heavy (non-hydrogen) atoms. The Morgan fingerprint density at radius 3 is 2.35 bits per heavy atom. The van der Waals surface area contributed by atoms with Crippen LogP contribution in [0.1, 0.15) is 32.7 Å². The SMILES string of the molecule is CCC(CC)n1cc(-c2ccc(I)cc2)cn1. The second-order valence-corrected chi connectivity index (χ2v) is 5.43. The van der Waals surface area contributed by atoms with E-state index in [4.69, 9.17) is 0 Å². The zero-order valence-electron chi connectivity index (χ0n) is 10.2. The lowest BCUT2D eigenvalue weighted by atomic mass is 10.1. The van der Waals surface area contributed by atoms with Gasteiger partial charge in [0.25, 0.3) is 0 Å². The minimum Gasteiger partial charge on any atom is -0.269 e. The molecule has 0 unspecified atom stereocenters. The Bertz CT molecular complexity index is 469. The lowest BCUT2D eigenvalue weighted by molar-refractivity contribution is 0.428. The largest absolute Gasteiger partial charge is 0.269 e. The highest BCUT2D eigenvalue weighted by Crippen LogP contribution is 2.22. The molecule has 0 aliphatic rings. The normalized spacial score (nSPS) is 11.1. The van der Waals surface area contributed by atoms with Crippen LogP contribution in [0.5, 0.6) is 0 Å². The van der Waals surface area contributed by atoms with E-state index < -0.39 is 0 Å². The van der Waals surface area contributed by atoms with Crippen molar-refractivity contribution in [1.82, 2.24) is 9.78 Å². The van der Waals surface area contributed by atoms with Gasteiger partial charge in [0.15, 0.2) is 0 Å². The van der Waals surface area contributed by atoms with Crippen LogP contribution in [0, 0.1) is 3.57 Å². The van der Waals surface area contributed by atoms with Crippen molar-refractivity contribution in [2.24, 2.45) is 0 Å². The predicted molar refractivity (Wildman–Crippen MR) is 80.0 cm³/mol. The van der Waals surface area contributed by atoms with Gasteiger partial charge in [0.1, 0.15) is 0 Å². The van der Waals surface area contributed by atoms with Gasteiger partial charge in [0.2, 0.25) is 0 Å². The molecule has 0 saturated carbocycles. The summed E-state index contributed by atoms with van der Waals surface area (Å²) in [5.41, 5.74) is 2.44. The summed E-state index contributed by atoms with van der Waals surface area (Å²) in [6.07, 6.45) is 6.37. The molecule has 90 valence electrons. The van der Waals surface area contributed by atoms with Crippen LogP contribution in [0.25, 0.3) is 11.1 Å². The molecule has 0 fully saturated rings. The van der Waals surface area contributed by atoms with Crippen molar-refractivity contribution in [3.8, 4) is 11.1 Å². The molecule has 2 nitrogen and oxygen atoms in total. The van der Waals surface area contributed by atoms with Gasteiger partial charge in [-0.2, -0.15) is 5.10 Å². The molecule has 0 aliphatic carbocycles. The Balaban J connectivity index is 2.26. The molecule has 0 saturated heterocycles. The number of aromatic nitrogens is 2. The Labute approximate surface area is 116 Å². The van der Waals surface area contributed by atoms with E-state index in [1.165, 1.54) is 14.7 Å². The van der Waals surface area contributed by atoms with E-state index in [-0.39, 0.29) is 0 Å². The van der Waals surface area contributed by atoms with E-state index in [9.17, 15) is 0 Å². The molecule has 0 spiro atoms. The number of rotatable bonds is 4. The van der Waals surface area contributed by atoms with E-state index in [1.807, 2.05) is 6.20 Å². The maximum atomic E-state index is 4.47. The van der Waals surface area contributed by atoms with Crippen molar-refractivity contribution >= 4 is 22.6 Å². The lowest BCUT2D eigenvalue weighted by Gasteiger charge is -2.12. The quantitative estimate of drug-likeness (QED) is 0.749. The van der Waals surface area contributed by atoms with E-state index in [1.54, 1.807) is 0 Å². The van der Waals surface area contributed by atoms with Crippen molar-refractivity contribution < 1.29 is 0 Å². The van der Waals surface area contributed by atoms with Crippen molar-refractivity contribution in [3.05, 3.63) is 40.2 Å². The minimum absolute atomic E-state index is 0.521. The van der Waals surface area contributed by atoms with Crippen molar-refractivity contribution in [2.75, 3.05) is 0 Å². The number of hydrogen-bond acceptors (Lipinski definition) is 1. The number of benzene rings is 1. The Morgan fingerprint density at radius 2 is 1.76 bits per heavy atom. The first-order chi connectivity index (χ1) is 8.24. The van der Waals surface area contributed by atoms with Crippen molar-refractivity contribution in [1.29, 1.82) is 0 Å². The summed E-state index contributed by atoms with van der Waals surface area (Å²) in [4.78, 5) is 0. The molecule has 1 heterocycles. The molecule has 2 aromatic rings. The molecular weight excluding hydrogens is 323 g/mol. The molecule has 1 aromatic carbocycles. The fourth-order valence-corrected chi connectivity index (χ4v) is 2.35. The summed E-state index contributed by atoms with van der Waals surface area (Å²) in [5, 5.41) is 4.47. The highest BCUT2D eigenvalue weighted by atomic mass is 127. The molecule has 1 aromatic heterocycles. The third-order valence-corrected chi connectivity index (χ3v) is 3.81. The highest BCUT2D eigenvalue weighted by molar-refractivity contribution is 14.1. The van der Waals surface area contributed by atoms with Crippen molar-refractivity contribution in [2.45, 2.75) is 32.7 Å². The first-order valence-corrected chi connectivity index (χ1v) is 7.12. The number of hydrogen-bond donors (Lipinski definition) is 0. The van der Waals surface area contributed by atoms with E-state index in [0.717, 1.165) is 12.8 Å². The summed E-state index contributed by atoms with van der Waals surface area (Å²) >= 11 is 2.32. The minimum atomic E-state index is 0.521. The zero-order chi connectivity index (χ0) is 12.3. The van der Waals surface area contributed by atoms with E-state index >= 15 is 0 Å². The van der Waals surface area contributed by atoms with Crippen molar-refractivity contribution in [3.63, 3.8) is 0 Å². The van der Waals surface area contributed by atoms with Gasteiger partial charge in [-0.25, -0.2) is 0 Å². The number of halogens is 1. The third-order valence-electron chi connectivity index (χ3n) is 3.10. The van der Waals surface area contributed by atoms with Gasteiger partial charge in [-0.3, -0.25) is 4.68 Å². The summed E-state index contributed by atoms with van der Waals surface area (Å²) < 4.78 is 3.35. The van der Waals surface area contributed by atoms with Crippen LogP contribution in [-0.4, -0.2) is 9.78 Å². The lowest BCUT2D eigenvalue weighted by Crippen LogP contribution is -2.06. The maximum absolute atomic E-state index is 4.47. The fourth-order valence-electron chi connectivity index (χ4n) is 1.99. The average molecular weight is 340 g/mol. The third kappa shape index (κ3) is 2.89. The van der Waals surface area contributed by atoms with Crippen LogP contribution in [0.4, 0.5) is 0 Å². The second-order valence-electron chi connectivity index (χ2n) is 4.19. The molecule has 3 heteroatoms. The van der Waals surface area contributed by atoms with Crippen LogP contribution in [0.3, 0.4) is 0 Å². The Hall–Kier alpha value is -0.840. The van der Waals surface area contributed by atoms with Crippen LogP contribution < -0.4 is 0 Å². The van der Waals surface area contributed by atoms with Gasteiger partial charge in [-0.05, 0) is 53.1 Å². The Morgan fingerprint density at radius 1 is 1.12 bits per heavy atom. The van der Waals surface area contributed by atoms with Gasteiger partial charge < -0.3 is 0 Å². The molecule has 0 bridgehead atoms. The average Bonchev–Trinajstić information content (AvgIpc) is 2.81. The zero-order valence-corrected chi connectivity index (χ0v) is 12.4. The van der Waals surface area contributed by atoms with E-state index in [0.29, 0.717) is 6.04 Å². The second kappa shape index (κ2) is 5.67. The first kappa shape index (κ1) is 12.6. The topological polar surface area (TPSA) is 17.8 Å². The summed E-state index contributed by atoms with van der Waals surface area (Å²) in [6.45, 7) is 4.42. The predicted octanol–water partition coefficient (Wildman–Crippen LogP) is 4.52. The molecule has 0 N–H and O–H groups in total. The summed E-state index contributed by atoms with van der Waals surface area (Å²) in [7, 11) is 0. The molecule has 2 rings (SSSR count). The molecular formula is C14H17IN2. The van der Waals surface area contributed by atoms with Gasteiger partial charge in [-0.1, -0.05) is 26.0 Å². The van der Waals surface area contributed by atoms with Crippen LogP contribution >= 0.6 is 22.6 Å². The van der Waals surface area contributed by atoms with E-state index in [2.05, 4.69) is 76.7 Å². The molecule has 0 radical (unpaired) electrons. The van der Waals surface area contributed by atoms with Gasteiger partial charge >= 0.3 is 0 Å². The van der Waals surface area contributed by atoms with Gasteiger partial charge in [0, 0.05) is 15.3 Å². The summed E-state index contributed by atoms with van der Waals surface area (Å²) in [6, 6.07) is 9.08.